The van der Waals surface area contributed by atoms with E-state index >= 15 is 0 Å². The molecule has 0 unspecified atom stereocenters. The molecule has 2 aromatic rings. The Balaban J connectivity index is 1.40. The number of nitrogens with one attached hydrogen (secondary N) is 2. The maximum absolute atomic E-state index is 11.4. The number of fused-ring (bicyclic) bond motifs is 1. The molecule has 1 aliphatic carbocycles. The molecule has 132 valence electrons. The normalized spacial score (nSPS) is 20.6. The fraction of sp³-hybridized carbons (Fsp3) is 0.474. The van der Waals surface area contributed by atoms with Gasteiger partial charge in [-0.2, -0.15) is 5.10 Å². The maximum Gasteiger partial charge on any atom is 0.254 e. The van der Waals surface area contributed by atoms with E-state index in [2.05, 4.69) is 46.9 Å². The number of benzene rings is 1. The highest BCUT2D eigenvalue weighted by Crippen LogP contribution is 2.41. The smallest absolute Gasteiger partial charge is 0.254 e. The molecule has 6 heteroatoms. The second-order valence-corrected chi connectivity index (χ2v) is 7.33. The highest BCUT2D eigenvalue weighted by atomic mass is 16.1. The summed E-state index contributed by atoms with van der Waals surface area (Å²) in [5, 5.41) is 11.4. The highest BCUT2D eigenvalue weighted by Gasteiger charge is 2.33. The van der Waals surface area contributed by atoms with Gasteiger partial charge in [0.1, 0.15) is 11.4 Å². The van der Waals surface area contributed by atoms with Crippen LogP contribution in [0.25, 0.3) is 0 Å². The summed E-state index contributed by atoms with van der Waals surface area (Å²) in [6, 6.07) is 9.30. The van der Waals surface area contributed by atoms with E-state index in [1.54, 1.807) is 6.20 Å². The van der Waals surface area contributed by atoms with E-state index in [9.17, 15) is 4.79 Å². The van der Waals surface area contributed by atoms with Crippen molar-refractivity contribution in [1.82, 2.24) is 15.1 Å². The van der Waals surface area contributed by atoms with Crippen LogP contribution in [0.1, 0.15) is 40.4 Å². The van der Waals surface area contributed by atoms with E-state index in [-0.39, 0.29) is 0 Å². The van der Waals surface area contributed by atoms with Gasteiger partial charge in [0.2, 0.25) is 0 Å². The number of primary amides is 1. The van der Waals surface area contributed by atoms with Crippen molar-refractivity contribution in [3.63, 3.8) is 0 Å². The zero-order chi connectivity index (χ0) is 17.4. The van der Waals surface area contributed by atoms with Gasteiger partial charge in [-0.3, -0.25) is 4.79 Å². The Hall–Kier alpha value is -2.34. The molecular formula is C19H25N5O. The molecule has 1 saturated carbocycles. The molecule has 0 saturated heterocycles. The molecule has 6 nitrogen and oxygen atoms in total. The van der Waals surface area contributed by atoms with Gasteiger partial charge in [-0.1, -0.05) is 29.8 Å². The minimum absolute atomic E-state index is 0.430. The third-order valence-corrected chi connectivity index (χ3v) is 5.25. The lowest BCUT2D eigenvalue weighted by Crippen LogP contribution is -2.37. The van der Waals surface area contributed by atoms with E-state index in [0.717, 1.165) is 31.4 Å². The molecule has 2 atom stereocenters. The number of hydrogen-bond acceptors (Lipinski definition) is 4. The molecule has 0 bridgehead atoms. The van der Waals surface area contributed by atoms with Gasteiger partial charge in [-0.15, -0.1) is 0 Å². The number of aromatic nitrogens is 2. The Morgan fingerprint density at radius 3 is 2.84 bits per heavy atom. The van der Waals surface area contributed by atoms with Crippen LogP contribution in [0.2, 0.25) is 0 Å². The third-order valence-electron chi connectivity index (χ3n) is 5.25. The van der Waals surface area contributed by atoms with Crippen molar-refractivity contribution < 1.29 is 4.79 Å². The molecule has 4 N–H and O–H groups in total. The van der Waals surface area contributed by atoms with E-state index < -0.39 is 5.91 Å². The van der Waals surface area contributed by atoms with Crippen molar-refractivity contribution in [2.45, 2.75) is 32.4 Å². The zero-order valence-corrected chi connectivity index (χ0v) is 14.5. The number of nitrogens with two attached hydrogens (primary N) is 1. The summed E-state index contributed by atoms with van der Waals surface area (Å²) in [4.78, 5) is 11.4. The Labute approximate surface area is 147 Å². The minimum atomic E-state index is -0.432. The number of hydrogen-bond donors (Lipinski definition) is 3. The van der Waals surface area contributed by atoms with Crippen LogP contribution in [0.5, 0.6) is 0 Å². The second kappa shape index (κ2) is 6.52. The molecule has 1 fully saturated rings. The second-order valence-electron chi connectivity index (χ2n) is 7.33. The average molecular weight is 339 g/mol. The first-order valence-corrected chi connectivity index (χ1v) is 9.01. The number of anilines is 1. The lowest BCUT2D eigenvalue weighted by Gasteiger charge is -2.28. The highest BCUT2D eigenvalue weighted by molar-refractivity contribution is 5.97. The SMILES string of the molecule is Cc1ccc([C@@H](NC[C@H]2CNc3c(C(N)=O)cnn3C2)C2CC2)cc1. The van der Waals surface area contributed by atoms with Crippen molar-refractivity contribution >= 4 is 11.7 Å². The molecule has 25 heavy (non-hydrogen) atoms. The Morgan fingerprint density at radius 1 is 1.40 bits per heavy atom. The van der Waals surface area contributed by atoms with Crippen molar-refractivity contribution in [2.75, 3.05) is 18.4 Å². The quantitative estimate of drug-likeness (QED) is 0.752. The van der Waals surface area contributed by atoms with Gasteiger partial charge in [0.25, 0.3) is 5.91 Å². The molecule has 1 aliphatic heterocycles. The maximum atomic E-state index is 11.4. The molecule has 4 rings (SSSR count). The summed E-state index contributed by atoms with van der Waals surface area (Å²) in [5.41, 5.74) is 8.54. The lowest BCUT2D eigenvalue weighted by atomic mass is 9.99. The number of carbonyl (C=O) groups is 1. The monoisotopic (exact) mass is 339 g/mol. The van der Waals surface area contributed by atoms with Gasteiger partial charge in [-0.25, -0.2) is 4.68 Å². The van der Waals surface area contributed by atoms with Crippen molar-refractivity contribution in [1.29, 1.82) is 0 Å². The molecule has 1 aromatic carbocycles. The van der Waals surface area contributed by atoms with E-state index in [1.165, 1.54) is 24.0 Å². The minimum Gasteiger partial charge on any atom is -0.369 e. The number of nitrogens with zero attached hydrogens (tertiary/aromatic N) is 2. The molecule has 0 spiro atoms. The Bertz CT molecular complexity index is 763. The van der Waals surface area contributed by atoms with Crippen LogP contribution in [0.15, 0.2) is 30.5 Å². The first-order valence-electron chi connectivity index (χ1n) is 9.01. The summed E-state index contributed by atoms with van der Waals surface area (Å²) < 4.78 is 1.86. The topological polar surface area (TPSA) is 85.0 Å². The summed E-state index contributed by atoms with van der Waals surface area (Å²) >= 11 is 0. The Morgan fingerprint density at radius 2 is 2.16 bits per heavy atom. The van der Waals surface area contributed by atoms with Crippen LogP contribution >= 0.6 is 0 Å². The van der Waals surface area contributed by atoms with Crippen molar-refractivity contribution in [2.24, 2.45) is 17.6 Å². The largest absolute Gasteiger partial charge is 0.369 e. The van der Waals surface area contributed by atoms with Gasteiger partial charge < -0.3 is 16.4 Å². The summed E-state index contributed by atoms with van der Waals surface area (Å²) in [6.45, 7) is 4.67. The first-order chi connectivity index (χ1) is 12.1. The molecule has 0 radical (unpaired) electrons. The van der Waals surface area contributed by atoms with Crippen LogP contribution < -0.4 is 16.4 Å². The number of carbonyl (C=O) groups excluding carboxylic acids is 1. The van der Waals surface area contributed by atoms with Crippen LogP contribution in [0.3, 0.4) is 0 Å². The predicted molar refractivity (Wildman–Crippen MR) is 97.4 cm³/mol. The standard InChI is InChI=1S/C19H25N5O/c1-12-2-4-14(5-3-12)17(15-6-7-15)21-8-13-9-22-19-16(18(20)25)10-23-24(19)11-13/h2-5,10,13,15,17,21-22H,6-9,11H2,1H3,(H2,20,25)/t13-,17+/m0/s1. The van der Waals surface area contributed by atoms with Gasteiger partial charge in [0.05, 0.1) is 6.20 Å². The van der Waals surface area contributed by atoms with E-state index in [4.69, 9.17) is 5.73 Å². The van der Waals surface area contributed by atoms with Crippen LogP contribution in [0.4, 0.5) is 5.82 Å². The summed E-state index contributed by atoms with van der Waals surface area (Å²) in [7, 11) is 0. The number of amides is 1. The van der Waals surface area contributed by atoms with Gasteiger partial charge >= 0.3 is 0 Å². The lowest BCUT2D eigenvalue weighted by molar-refractivity contribution is 0.100. The molecule has 1 amide bonds. The van der Waals surface area contributed by atoms with Crippen LogP contribution in [0, 0.1) is 18.8 Å². The van der Waals surface area contributed by atoms with Crippen molar-refractivity contribution in [3.8, 4) is 0 Å². The van der Waals surface area contributed by atoms with Crippen LogP contribution in [-0.4, -0.2) is 28.8 Å². The Kier molecular flexibility index (Phi) is 4.21. The fourth-order valence-electron chi connectivity index (χ4n) is 3.63. The van der Waals surface area contributed by atoms with E-state index in [0.29, 0.717) is 17.5 Å². The predicted octanol–water partition coefficient (Wildman–Crippen LogP) is 2.07. The third kappa shape index (κ3) is 3.39. The first kappa shape index (κ1) is 16.1. The average Bonchev–Trinajstić information content (AvgIpc) is 3.34. The molecule has 2 heterocycles. The summed E-state index contributed by atoms with van der Waals surface area (Å²) in [6.07, 6.45) is 4.17. The molecule has 1 aromatic heterocycles. The number of aryl methyl sites for hydroxylation is 1. The van der Waals surface area contributed by atoms with Gasteiger partial charge in [0.15, 0.2) is 0 Å². The summed E-state index contributed by atoms with van der Waals surface area (Å²) in [5.74, 6) is 1.50. The molecular weight excluding hydrogens is 314 g/mol. The van der Waals surface area contributed by atoms with E-state index in [1.807, 2.05) is 4.68 Å². The van der Waals surface area contributed by atoms with Gasteiger partial charge in [0, 0.05) is 31.6 Å². The molecule has 2 aliphatic rings. The number of rotatable bonds is 6. The van der Waals surface area contributed by atoms with Crippen molar-refractivity contribution in [3.05, 3.63) is 47.2 Å². The van der Waals surface area contributed by atoms with Crippen LogP contribution in [-0.2, 0) is 6.54 Å². The van der Waals surface area contributed by atoms with Gasteiger partial charge in [-0.05, 0) is 31.2 Å². The zero-order valence-electron chi connectivity index (χ0n) is 14.5. The fourth-order valence-corrected chi connectivity index (χ4v) is 3.63.